The molecule has 0 aliphatic carbocycles. The van der Waals surface area contributed by atoms with Gasteiger partial charge in [0.2, 0.25) is 5.91 Å². The van der Waals surface area contributed by atoms with Crippen LogP contribution in [0.5, 0.6) is 0 Å². The van der Waals surface area contributed by atoms with Crippen molar-refractivity contribution >= 4 is 35.4 Å². The summed E-state index contributed by atoms with van der Waals surface area (Å²) < 4.78 is 4.64. The predicted molar refractivity (Wildman–Crippen MR) is 92.1 cm³/mol. The molecule has 1 aliphatic rings. The number of ether oxygens (including phenoxy) is 1. The second-order valence-electron chi connectivity index (χ2n) is 5.12. The van der Waals surface area contributed by atoms with Crippen LogP contribution in [0.15, 0.2) is 30.3 Å². The zero-order chi connectivity index (χ0) is 15.8. The Morgan fingerprint density at radius 3 is 2.77 bits per heavy atom. The van der Waals surface area contributed by atoms with Crippen LogP contribution >= 0.6 is 23.5 Å². The fraction of sp³-hybridized carbons (Fsp3) is 0.500. The molecule has 120 valence electrons. The summed E-state index contributed by atoms with van der Waals surface area (Å²) in [5, 5.41) is 0.349. The smallest absolute Gasteiger partial charge is 0.315 e. The van der Waals surface area contributed by atoms with E-state index in [0.29, 0.717) is 16.8 Å². The van der Waals surface area contributed by atoms with Gasteiger partial charge in [0.05, 0.1) is 18.6 Å². The number of carbonyl (C=O) groups excluding carboxylic acids is 2. The lowest BCUT2D eigenvalue weighted by atomic mass is 10.2. The number of thioether (sulfide) groups is 2. The Hall–Kier alpha value is -1.14. The van der Waals surface area contributed by atoms with Crippen molar-refractivity contribution in [3.63, 3.8) is 0 Å². The number of methoxy groups -OCH3 is 1. The highest BCUT2D eigenvalue weighted by molar-refractivity contribution is 8.00. The fourth-order valence-electron chi connectivity index (χ4n) is 2.26. The molecule has 0 spiro atoms. The molecule has 6 heteroatoms. The van der Waals surface area contributed by atoms with Crippen LogP contribution in [0.2, 0.25) is 0 Å². The lowest BCUT2D eigenvalue weighted by molar-refractivity contribution is -0.137. The molecule has 1 saturated heterocycles. The van der Waals surface area contributed by atoms with Crippen LogP contribution in [0.25, 0.3) is 0 Å². The lowest BCUT2D eigenvalue weighted by Gasteiger charge is -2.16. The Kier molecular flexibility index (Phi) is 7.12. The van der Waals surface area contributed by atoms with Gasteiger partial charge in [-0.25, -0.2) is 0 Å². The monoisotopic (exact) mass is 339 g/mol. The van der Waals surface area contributed by atoms with Gasteiger partial charge in [-0.15, -0.1) is 23.5 Å². The molecule has 22 heavy (non-hydrogen) atoms. The maximum Gasteiger partial charge on any atom is 0.315 e. The normalized spacial score (nSPS) is 17.5. The molecule has 1 amide bonds. The molecule has 0 bridgehead atoms. The topological polar surface area (TPSA) is 46.6 Å². The zero-order valence-corrected chi connectivity index (χ0v) is 14.3. The maximum absolute atomic E-state index is 12.2. The molecule has 1 atom stereocenters. The van der Waals surface area contributed by atoms with Crippen molar-refractivity contribution in [2.45, 2.75) is 17.4 Å². The molecule has 1 aliphatic heterocycles. The Bertz CT molecular complexity index is 495. The summed E-state index contributed by atoms with van der Waals surface area (Å²) in [4.78, 5) is 25.2. The fourth-order valence-corrected chi connectivity index (χ4v) is 4.19. The SMILES string of the molecule is COC(=O)CS[C@@H]1CCN(C(=O)CSCc2ccccc2)C1. The third-order valence-corrected chi connectivity index (χ3v) is 5.75. The van der Waals surface area contributed by atoms with Gasteiger partial charge in [-0.3, -0.25) is 9.59 Å². The summed E-state index contributed by atoms with van der Waals surface area (Å²) in [7, 11) is 1.40. The Morgan fingerprint density at radius 1 is 1.27 bits per heavy atom. The highest BCUT2D eigenvalue weighted by Crippen LogP contribution is 2.23. The number of esters is 1. The minimum absolute atomic E-state index is 0.196. The molecule has 0 N–H and O–H groups in total. The van der Waals surface area contributed by atoms with E-state index < -0.39 is 0 Å². The highest BCUT2D eigenvalue weighted by Gasteiger charge is 2.26. The molecule has 0 unspecified atom stereocenters. The highest BCUT2D eigenvalue weighted by atomic mass is 32.2. The van der Waals surface area contributed by atoms with E-state index in [4.69, 9.17) is 0 Å². The summed E-state index contributed by atoms with van der Waals surface area (Å²) in [6.07, 6.45) is 0.955. The largest absolute Gasteiger partial charge is 0.468 e. The van der Waals surface area contributed by atoms with E-state index in [9.17, 15) is 9.59 Å². The summed E-state index contributed by atoms with van der Waals surface area (Å²) in [5.74, 6) is 1.74. The second-order valence-corrected chi connectivity index (χ2v) is 7.39. The molecular weight excluding hydrogens is 318 g/mol. The maximum atomic E-state index is 12.2. The predicted octanol–water partition coefficient (Wildman–Crippen LogP) is 2.43. The molecule has 4 nitrogen and oxygen atoms in total. The summed E-state index contributed by atoms with van der Waals surface area (Å²) in [6.45, 7) is 1.54. The minimum Gasteiger partial charge on any atom is -0.468 e. The summed E-state index contributed by atoms with van der Waals surface area (Å²) in [5.41, 5.74) is 1.24. The Morgan fingerprint density at radius 2 is 2.05 bits per heavy atom. The first kappa shape index (κ1) is 17.2. The first-order valence-corrected chi connectivity index (χ1v) is 9.47. The zero-order valence-electron chi connectivity index (χ0n) is 12.7. The first-order valence-electron chi connectivity index (χ1n) is 7.27. The van der Waals surface area contributed by atoms with Crippen LogP contribution < -0.4 is 0 Å². The van der Waals surface area contributed by atoms with Crippen LogP contribution in [0, 0.1) is 0 Å². The van der Waals surface area contributed by atoms with Crippen molar-refractivity contribution in [2.24, 2.45) is 0 Å². The van der Waals surface area contributed by atoms with E-state index in [1.165, 1.54) is 12.7 Å². The number of carbonyl (C=O) groups is 2. The molecule has 0 aromatic heterocycles. The Labute approximate surface area is 140 Å². The minimum atomic E-state index is -0.201. The number of hydrogen-bond donors (Lipinski definition) is 0. The van der Waals surface area contributed by atoms with Crippen LogP contribution in [0.4, 0.5) is 0 Å². The van der Waals surface area contributed by atoms with E-state index in [1.54, 1.807) is 23.5 Å². The number of rotatable bonds is 7. The number of nitrogens with zero attached hydrogens (tertiary/aromatic N) is 1. The quantitative estimate of drug-likeness (QED) is 0.714. The van der Waals surface area contributed by atoms with Gasteiger partial charge in [0.25, 0.3) is 0 Å². The third-order valence-electron chi connectivity index (χ3n) is 3.50. The molecule has 1 aromatic rings. The van der Waals surface area contributed by atoms with Gasteiger partial charge < -0.3 is 9.64 Å². The van der Waals surface area contributed by atoms with E-state index in [-0.39, 0.29) is 11.9 Å². The van der Waals surface area contributed by atoms with Crippen molar-refractivity contribution in [3.05, 3.63) is 35.9 Å². The molecular formula is C16H21NO3S2. The van der Waals surface area contributed by atoms with Crippen LogP contribution in [-0.4, -0.2) is 53.7 Å². The van der Waals surface area contributed by atoms with E-state index in [0.717, 1.165) is 25.3 Å². The third kappa shape index (κ3) is 5.57. The molecule has 1 heterocycles. The van der Waals surface area contributed by atoms with E-state index >= 15 is 0 Å². The number of likely N-dealkylation sites (tertiary alicyclic amines) is 1. The van der Waals surface area contributed by atoms with Gasteiger partial charge in [-0.2, -0.15) is 0 Å². The van der Waals surface area contributed by atoms with Crippen molar-refractivity contribution in [1.82, 2.24) is 4.90 Å². The van der Waals surface area contributed by atoms with Gasteiger partial charge in [0, 0.05) is 24.1 Å². The van der Waals surface area contributed by atoms with Crippen molar-refractivity contribution in [3.8, 4) is 0 Å². The van der Waals surface area contributed by atoms with Gasteiger partial charge in [0.1, 0.15) is 0 Å². The molecule has 0 radical (unpaired) electrons. The summed E-state index contributed by atoms with van der Waals surface area (Å²) in [6, 6.07) is 10.2. The molecule has 1 aromatic carbocycles. The molecule has 0 saturated carbocycles. The Balaban J connectivity index is 1.65. The standard InChI is InChI=1S/C16H21NO3S2/c1-20-16(19)12-22-14-7-8-17(9-14)15(18)11-21-10-13-5-3-2-4-6-13/h2-6,14H,7-12H2,1H3/t14-/m1/s1. The second kappa shape index (κ2) is 9.10. The summed E-state index contributed by atoms with van der Waals surface area (Å²) >= 11 is 3.24. The van der Waals surface area contributed by atoms with Gasteiger partial charge >= 0.3 is 5.97 Å². The molecule has 2 rings (SSSR count). The van der Waals surface area contributed by atoms with Crippen LogP contribution in [0.1, 0.15) is 12.0 Å². The lowest BCUT2D eigenvalue weighted by Crippen LogP contribution is -2.30. The average Bonchev–Trinajstić information content (AvgIpc) is 3.02. The first-order chi connectivity index (χ1) is 10.7. The van der Waals surface area contributed by atoms with Gasteiger partial charge in [-0.1, -0.05) is 30.3 Å². The number of amides is 1. The van der Waals surface area contributed by atoms with Crippen LogP contribution in [-0.2, 0) is 20.1 Å². The van der Waals surface area contributed by atoms with Gasteiger partial charge in [0.15, 0.2) is 0 Å². The molecule has 1 fully saturated rings. The number of hydrogen-bond acceptors (Lipinski definition) is 5. The average molecular weight is 339 g/mol. The van der Waals surface area contributed by atoms with Gasteiger partial charge in [-0.05, 0) is 12.0 Å². The van der Waals surface area contributed by atoms with Crippen molar-refractivity contribution < 1.29 is 14.3 Å². The van der Waals surface area contributed by atoms with Crippen molar-refractivity contribution in [2.75, 3.05) is 31.7 Å². The van der Waals surface area contributed by atoms with Crippen molar-refractivity contribution in [1.29, 1.82) is 0 Å². The van der Waals surface area contributed by atoms with E-state index in [2.05, 4.69) is 16.9 Å². The van der Waals surface area contributed by atoms with E-state index in [1.807, 2.05) is 23.1 Å². The number of benzene rings is 1. The van der Waals surface area contributed by atoms with Crippen LogP contribution in [0.3, 0.4) is 0 Å².